The van der Waals surface area contributed by atoms with Gasteiger partial charge in [0.15, 0.2) is 0 Å². The molecular weight excluding hydrogens is 162 g/mol. The molecule has 1 fully saturated rings. The molecular formula is C10H15N3. The molecule has 0 unspecified atom stereocenters. The predicted molar refractivity (Wildman–Crippen MR) is 52.1 cm³/mol. The maximum absolute atomic E-state index is 5.93. The molecule has 1 aliphatic rings. The molecule has 0 aliphatic heterocycles. The zero-order chi connectivity index (χ0) is 9.15. The lowest BCUT2D eigenvalue weighted by Crippen LogP contribution is -2.35. The second kappa shape index (κ2) is 3.44. The minimum atomic E-state index is 0.0920. The van der Waals surface area contributed by atoms with Crippen molar-refractivity contribution in [1.82, 2.24) is 10.3 Å². The number of nitrogens with one attached hydrogen (secondary N) is 1. The maximum Gasteiger partial charge on any atom is 0.0541 e. The number of nitrogens with two attached hydrogens (primary N) is 1. The maximum atomic E-state index is 5.93. The molecule has 1 saturated carbocycles. The number of pyridine rings is 1. The van der Waals surface area contributed by atoms with Crippen molar-refractivity contribution < 1.29 is 0 Å². The molecule has 3 nitrogen and oxygen atoms in total. The zero-order valence-electron chi connectivity index (χ0n) is 7.66. The third-order valence-electron chi connectivity index (χ3n) is 2.40. The average Bonchev–Trinajstić information content (AvgIpc) is 2.86. The molecule has 3 N–H and O–H groups in total. The van der Waals surface area contributed by atoms with Gasteiger partial charge < -0.3 is 11.1 Å². The Hall–Kier alpha value is -0.930. The highest BCUT2D eigenvalue weighted by molar-refractivity contribution is 5.05. The standard InChI is InChI=1S/C10H15N3/c11-10(4-5-10)8-12-7-9-3-1-2-6-13-9/h1-3,6,12H,4-5,7-8,11H2. The first-order chi connectivity index (χ1) is 6.29. The van der Waals surface area contributed by atoms with E-state index in [2.05, 4.69) is 10.3 Å². The van der Waals surface area contributed by atoms with Gasteiger partial charge in [-0.3, -0.25) is 4.98 Å². The number of hydrogen-bond acceptors (Lipinski definition) is 3. The highest BCUT2D eigenvalue weighted by Crippen LogP contribution is 2.30. The lowest BCUT2D eigenvalue weighted by Gasteiger charge is -2.09. The van der Waals surface area contributed by atoms with E-state index in [-0.39, 0.29) is 5.54 Å². The normalized spacial score (nSPS) is 18.5. The van der Waals surface area contributed by atoms with E-state index < -0.39 is 0 Å². The van der Waals surface area contributed by atoms with Gasteiger partial charge in [-0.15, -0.1) is 0 Å². The van der Waals surface area contributed by atoms with Gasteiger partial charge in [-0.1, -0.05) is 6.07 Å². The van der Waals surface area contributed by atoms with E-state index in [1.165, 1.54) is 0 Å². The molecule has 0 atom stereocenters. The van der Waals surface area contributed by atoms with E-state index >= 15 is 0 Å². The van der Waals surface area contributed by atoms with Gasteiger partial charge in [0.2, 0.25) is 0 Å². The SMILES string of the molecule is NC1(CNCc2ccccn2)CC1. The smallest absolute Gasteiger partial charge is 0.0541 e. The zero-order valence-corrected chi connectivity index (χ0v) is 7.66. The summed E-state index contributed by atoms with van der Waals surface area (Å²) in [5.74, 6) is 0. The van der Waals surface area contributed by atoms with Gasteiger partial charge in [-0.2, -0.15) is 0 Å². The van der Waals surface area contributed by atoms with Gasteiger partial charge in [-0.25, -0.2) is 0 Å². The fourth-order valence-corrected chi connectivity index (χ4v) is 1.28. The average molecular weight is 177 g/mol. The number of rotatable bonds is 4. The minimum Gasteiger partial charge on any atom is -0.324 e. The Morgan fingerprint density at radius 1 is 1.46 bits per heavy atom. The summed E-state index contributed by atoms with van der Waals surface area (Å²) in [6.45, 7) is 1.73. The van der Waals surface area contributed by atoms with Crippen LogP contribution in [0.4, 0.5) is 0 Å². The molecule has 1 aromatic rings. The Balaban J connectivity index is 1.74. The monoisotopic (exact) mass is 177 g/mol. The fraction of sp³-hybridized carbons (Fsp3) is 0.500. The number of aromatic nitrogens is 1. The van der Waals surface area contributed by atoms with Crippen LogP contribution in [0.25, 0.3) is 0 Å². The van der Waals surface area contributed by atoms with Crippen LogP contribution < -0.4 is 11.1 Å². The van der Waals surface area contributed by atoms with Crippen molar-refractivity contribution in [3.8, 4) is 0 Å². The number of nitrogens with zero attached hydrogens (tertiary/aromatic N) is 1. The van der Waals surface area contributed by atoms with Gasteiger partial charge in [0.25, 0.3) is 0 Å². The lowest BCUT2D eigenvalue weighted by atomic mass is 10.3. The van der Waals surface area contributed by atoms with E-state index in [0.29, 0.717) is 0 Å². The van der Waals surface area contributed by atoms with E-state index in [1.807, 2.05) is 24.4 Å². The van der Waals surface area contributed by atoms with Crippen molar-refractivity contribution in [2.45, 2.75) is 24.9 Å². The molecule has 0 saturated heterocycles. The second-order valence-corrected chi connectivity index (χ2v) is 3.79. The van der Waals surface area contributed by atoms with Crippen LogP contribution in [0.1, 0.15) is 18.5 Å². The summed E-state index contributed by atoms with van der Waals surface area (Å²) in [5, 5.41) is 3.32. The summed E-state index contributed by atoms with van der Waals surface area (Å²) >= 11 is 0. The van der Waals surface area contributed by atoms with E-state index in [4.69, 9.17) is 5.73 Å². The van der Waals surface area contributed by atoms with Crippen LogP contribution >= 0.6 is 0 Å². The largest absolute Gasteiger partial charge is 0.324 e. The van der Waals surface area contributed by atoms with Crippen molar-refractivity contribution >= 4 is 0 Å². The Labute approximate surface area is 78.4 Å². The quantitative estimate of drug-likeness (QED) is 0.710. The van der Waals surface area contributed by atoms with Crippen molar-refractivity contribution in [1.29, 1.82) is 0 Å². The van der Waals surface area contributed by atoms with Gasteiger partial charge in [0, 0.05) is 24.8 Å². The van der Waals surface area contributed by atoms with Crippen LogP contribution in [0.5, 0.6) is 0 Å². The van der Waals surface area contributed by atoms with E-state index in [0.717, 1.165) is 31.6 Å². The molecule has 3 heteroatoms. The van der Waals surface area contributed by atoms with Gasteiger partial charge >= 0.3 is 0 Å². The van der Waals surface area contributed by atoms with Crippen LogP contribution in [0.15, 0.2) is 24.4 Å². The second-order valence-electron chi connectivity index (χ2n) is 3.79. The first-order valence-electron chi connectivity index (χ1n) is 4.68. The molecule has 2 rings (SSSR count). The van der Waals surface area contributed by atoms with Crippen LogP contribution in [0, 0.1) is 0 Å². The molecule has 0 amide bonds. The van der Waals surface area contributed by atoms with Gasteiger partial charge in [0.1, 0.15) is 0 Å². The Morgan fingerprint density at radius 2 is 2.31 bits per heavy atom. The van der Waals surface area contributed by atoms with Crippen molar-refractivity contribution in [3.05, 3.63) is 30.1 Å². The molecule has 1 heterocycles. The van der Waals surface area contributed by atoms with Crippen molar-refractivity contribution in [3.63, 3.8) is 0 Å². The van der Waals surface area contributed by atoms with Crippen LogP contribution in [-0.2, 0) is 6.54 Å². The number of hydrogen-bond donors (Lipinski definition) is 2. The summed E-state index contributed by atoms with van der Waals surface area (Å²) in [6.07, 6.45) is 4.12. The van der Waals surface area contributed by atoms with Gasteiger partial charge in [-0.05, 0) is 25.0 Å². The highest BCUT2D eigenvalue weighted by atomic mass is 15.0. The van der Waals surface area contributed by atoms with Crippen molar-refractivity contribution in [2.75, 3.05) is 6.54 Å². The summed E-state index contributed by atoms with van der Waals surface area (Å²) < 4.78 is 0. The molecule has 0 aromatic carbocycles. The van der Waals surface area contributed by atoms with E-state index in [9.17, 15) is 0 Å². The summed E-state index contributed by atoms with van der Waals surface area (Å²) in [7, 11) is 0. The molecule has 0 spiro atoms. The lowest BCUT2D eigenvalue weighted by molar-refractivity contribution is 0.564. The molecule has 13 heavy (non-hydrogen) atoms. The van der Waals surface area contributed by atoms with Gasteiger partial charge in [0.05, 0.1) is 5.69 Å². The molecule has 0 bridgehead atoms. The topological polar surface area (TPSA) is 50.9 Å². The molecule has 0 radical (unpaired) electrons. The fourth-order valence-electron chi connectivity index (χ4n) is 1.28. The summed E-state index contributed by atoms with van der Waals surface area (Å²) in [6, 6.07) is 5.94. The Bertz CT molecular complexity index is 267. The predicted octanol–water partition coefficient (Wildman–Crippen LogP) is 0.662. The third-order valence-corrected chi connectivity index (χ3v) is 2.40. The summed E-state index contributed by atoms with van der Waals surface area (Å²) in [4.78, 5) is 4.22. The third kappa shape index (κ3) is 2.50. The first-order valence-corrected chi connectivity index (χ1v) is 4.68. The molecule has 1 aliphatic carbocycles. The first kappa shape index (κ1) is 8.66. The van der Waals surface area contributed by atoms with Crippen LogP contribution in [0.3, 0.4) is 0 Å². The van der Waals surface area contributed by atoms with E-state index in [1.54, 1.807) is 0 Å². The Morgan fingerprint density at radius 3 is 2.92 bits per heavy atom. The van der Waals surface area contributed by atoms with Crippen LogP contribution in [-0.4, -0.2) is 17.1 Å². The summed E-state index contributed by atoms with van der Waals surface area (Å²) in [5.41, 5.74) is 7.10. The molecule has 1 aromatic heterocycles. The highest BCUT2D eigenvalue weighted by Gasteiger charge is 2.37. The van der Waals surface area contributed by atoms with Crippen molar-refractivity contribution in [2.24, 2.45) is 5.73 Å². The van der Waals surface area contributed by atoms with Crippen LogP contribution in [0.2, 0.25) is 0 Å². The molecule has 70 valence electrons. The Kier molecular flexibility index (Phi) is 2.29. The minimum absolute atomic E-state index is 0.0920.